The monoisotopic (exact) mass is 431 g/mol. The summed E-state index contributed by atoms with van der Waals surface area (Å²) in [7, 11) is 0. The molecule has 20 heavy (non-hydrogen) atoms. The Bertz CT molecular complexity index is 693. The summed E-state index contributed by atoms with van der Waals surface area (Å²) in [5.41, 5.74) is 1.16. The highest BCUT2D eigenvalue weighted by molar-refractivity contribution is 9.13. The lowest BCUT2D eigenvalue weighted by Crippen LogP contribution is -2.03. The number of rotatable bonds is 4. The van der Waals surface area contributed by atoms with Gasteiger partial charge in [-0.05, 0) is 59.6 Å². The quantitative estimate of drug-likeness (QED) is 0.626. The fourth-order valence-electron chi connectivity index (χ4n) is 1.51. The minimum Gasteiger partial charge on any atom is -0.221 e. The molecule has 0 N–H and O–H groups in total. The largest absolute Gasteiger partial charge is 0.221 e. The van der Waals surface area contributed by atoms with Crippen LogP contribution in [0.1, 0.15) is 5.56 Å². The first kappa shape index (κ1) is 14.2. The van der Waals surface area contributed by atoms with Crippen molar-refractivity contribution in [3.05, 3.63) is 44.3 Å². The zero-order valence-corrected chi connectivity index (χ0v) is 14.7. The summed E-state index contributed by atoms with van der Waals surface area (Å²) in [5.74, 6) is 0. The van der Waals surface area contributed by atoms with Crippen molar-refractivity contribution in [3.63, 3.8) is 0 Å². The van der Waals surface area contributed by atoms with Crippen molar-refractivity contribution < 1.29 is 0 Å². The molecule has 0 saturated heterocycles. The van der Waals surface area contributed by atoms with Gasteiger partial charge in [-0.25, -0.2) is 9.67 Å². The highest BCUT2D eigenvalue weighted by atomic mass is 79.9. The summed E-state index contributed by atoms with van der Waals surface area (Å²) in [5, 5.41) is 12.5. The molecule has 0 bridgehead atoms. The number of benzene rings is 1. The molecule has 1 aromatic carbocycles. The molecule has 2 aromatic heterocycles. The van der Waals surface area contributed by atoms with Crippen molar-refractivity contribution in [1.82, 2.24) is 25.2 Å². The second-order valence-electron chi connectivity index (χ2n) is 3.75. The Morgan fingerprint density at radius 3 is 2.70 bits per heavy atom. The summed E-state index contributed by atoms with van der Waals surface area (Å²) in [6.07, 6.45) is 0. The maximum atomic E-state index is 4.38. The molecule has 0 spiro atoms. The molecule has 0 saturated carbocycles. The van der Waals surface area contributed by atoms with Gasteiger partial charge >= 0.3 is 0 Å². The topological polar surface area (TPSA) is 56.5 Å². The van der Waals surface area contributed by atoms with Gasteiger partial charge in [0.1, 0.15) is 8.39 Å². The van der Waals surface area contributed by atoms with Crippen molar-refractivity contribution in [2.45, 2.75) is 16.0 Å². The molecule has 0 aliphatic rings. The van der Waals surface area contributed by atoms with Crippen molar-refractivity contribution in [3.8, 4) is 0 Å². The molecule has 2 heterocycles. The van der Waals surface area contributed by atoms with E-state index < -0.39 is 0 Å². The average molecular weight is 433 g/mol. The normalized spacial score (nSPS) is 10.9. The summed E-state index contributed by atoms with van der Waals surface area (Å²) in [4.78, 5) is 4.38. The van der Waals surface area contributed by atoms with Gasteiger partial charge in [-0.15, -0.1) is 5.10 Å². The van der Waals surface area contributed by atoms with Gasteiger partial charge in [-0.1, -0.05) is 41.7 Å². The smallest absolute Gasteiger partial charge is 0.216 e. The third kappa shape index (κ3) is 3.27. The van der Waals surface area contributed by atoms with Crippen LogP contribution in [-0.4, -0.2) is 25.2 Å². The standard InChI is InChI=1S/C11H7Br2N5S2/c12-8-9(13)19-11(14-8)20-10-15-16-17-18(10)6-7-4-2-1-3-5-7/h1-5H,6H2. The number of thiazole rings is 1. The summed E-state index contributed by atoms with van der Waals surface area (Å²) < 4.78 is 4.41. The van der Waals surface area contributed by atoms with Crippen molar-refractivity contribution in [1.29, 1.82) is 0 Å². The summed E-state index contributed by atoms with van der Waals surface area (Å²) in [6.45, 7) is 0.643. The van der Waals surface area contributed by atoms with E-state index in [4.69, 9.17) is 0 Å². The van der Waals surface area contributed by atoms with E-state index in [0.717, 1.165) is 23.4 Å². The van der Waals surface area contributed by atoms with Gasteiger partial charge in [0.25, 0.3) is 0 Å². The first-order valence-electron chi connectivity index (χ1n) is 5.52. The van der Waals surface area contributed by atoms with Crippen LogP contribution in [0.2, 0.25) is 0 Å². The van der Waals surface area contributed by atoms with Gasteiger partial charge in [0, 0.05) is 0 Å². The molecule has 0 amide bonds. The molecule has 0 unspecified atom stereocenters. The van der Waals surface area contributed by atoms with Crippen LogP contribution in [0.3, 0.4) is 0 Å². The van der Waals surface area contributed by atoms with E-state index in [0.29, 0.717) is 6.54 Å². The number of halogens is 2. The molecule has 0 aliphatic carbocycles. The third-order valence-corrected chi connectivity index (χ3v) is 6.49. The Kier molecular flexibility index (Phi) is 4.49. The van der Waals surface area contributed by atoms with Crippen LogP contribution in [0, 0.1) is 0 Å². The molecule has 3 aromatic rings. The highest BCUT2D eigenvalue weighted by Crippen LogP contribution is 2.36. The maximum absolute atomic E-state index is 4.38. The predicted octanol–water partition coefficient (Wildman–Crippen LogP) is 3.85. The van der Waals surface area contributed by atoms with E-state index in [1.54, 1.807) is 16.0 Å². The van der Waals surface area contributed by atoms with Crippen LogP contribution in [-0.2, 0) is 6.54 Å². The fraction of sp³-hybridized carbons (Fsp3) is 0.0909. The predicted molar refractivity (Wildman–Crippen MR) is 85.0 cm³/mol. The Morgan fingerprint density at radius 2 is 2.00 bits per heavy atom. The number of aromatic nitrogens is 5. The van der Waals surface area contributed by atoms with Gasteiger partial charge in [0.05, 0.1) is 6.54 Å². The Morgan fingerprint density at radius 1 is 1.20 bits per heavy atom. The van der Waals surface area contributed by atoms with Crippen LogP contribution in [0.25, 0.3) is 0 Å². The van der Waals surface area contributed by atoms with Crippen LogP contribution in [0.5, 0.6) is 0 Å². The minimum atomic E-state index is 0.643. The van der Waals surface area contributed by atoms with E-state index in [2.05, 4.69) is 52.4 Å². The van der Waals surface area contributed by atoms with Gasteiger partial charge in [0.2, 0.25) is 5.16 Å². The molecular formula is C11H7Br2N5S2. The number of hydrogen-bond donors (Lipinski definition) is 0. The first-order chi connectivity index (χ1) is 9.72. The molecule has 3 rings (SSSR count). The van der Waals surface area contributed by atoms with E-state index in [-0.39, 0.29) is 0 Å². The van der Waals surface area contributed by atoms with Crippen LogP contribution in [0.4, 0.5) is 0 Å². The van der Waals surface area contributed by atoms with Crippen LogP contribution < -0.4 is 0 Å². The summed E-state index contributed by atoms with van der Waals surface area (Å²) >= 11 is 9.79. The van der Waals surface area contributed by atoms with Gasteiger partial charge in [-0.3, -0.25) is 0 Å². The second-order valence-corrected chi connectivity index (χ2v) is 8.03. The third-order valence-electron chi connectivity index (χ3n) is 2.38. The lowest BCUT2D eigenvalue weighted by Gasteiger charge is -2.02. The van der Waals surface area contributed by atoms with E-state index >= 15 is 0 Å². The number of tetrazole rings is 1. The SMILES string of the molecule is Brc1nc(Sc2nnnn2Cc2ccccc2)sc1Br. The van der Waals surface area contributed by atoms with Crippen LogP contribution >= 0.6 is 55.0 Å². The lowest BCUT2D eigenvalue weighted by atomic mass is 10.2. The molecule has 0 radical (unpaired) electrons. The first-order valence-corrected chi connectivity index (χ1v) is 8.74. The molecule has 5 nitrogen and oxygen atoms in total. The number of hydrogen-bond acceptors (Lipinski definition) is 6. The second kappa shape index (κ2) is 6.33. The molecular weight excluding hydrogens is 426 g/mol. The zero-order valence-electron chi connectivity index (χ0n) is 9.90. The van der Waals surface area contributed by atoms with Crippen molar-refractivity contribution in [2.24, 2.45) is 0 Å². The zero-order chi connectivity index (χ0) is 13.9. The fourth-order valence-corrected chi connectivity index (χ4v) is 4.67. The lowest BCUT2D eigenvalue weighted by molar-refractivity contribution is 0.603. The molecule has 0 atom stereocenters. The van der Waals surface area contributed by atoms with E-state index in [1.807, 2.05) is 30.3 Å². The van der Waals surface area contributed by atoms with Gasteiger partial charge < -0.3 is 0 Å². The van der Waals surface area contributed by atoms with E-state index in [9.17, 15) is 0 Å². The van der Waals surface area contributed by atoms with Crippen LogP contribution in [0.15, 0.2) is 48.2 Å². The minimum absolute atomic E-state index is 0.643. The van der Waals surface area contributed by atoms with Crippen molar-refractivity contribution in [2.75, 3.05) is 0 Å². The molecule has 9 heteroatoms. The van der Waals surface area contributed by atoms with Gasteiger partial charge in [-0.2, -0.15) is 0 Å². The Balaban J connectivity index is 1.80. The van der Waals surface area contributed by atoms with E-state index in [1.165, 1.54) is 11.8 Å². The maximum Gasteiger partial charge on any atom is 0.216 e. The molecule has 0 fully saturated rings. The average Bonchev–Trinajstić information content (AvgIpc) is 2.99. The highest BCUT2D eigenvalue weighted by Gasteiger charge is 2.13. The van der Waals surface area contributed by atoms with Crippen molar-refractivity contribution >= 4 is 55.0 Å². The number of nitrogens with zero attached hydrogens (tertiary/aromatic N) is 5. The Hall–Kier alpha value is -0.770. The Labute approximate surface area is 140 Å². The van der Waals surface area contributed by atoms with Gasteiger partial charge in [0.15, 0.2) is 4.34 Å². The molecule has 0 aliphatic heterocycles. The molecule has 102 valence electrons. The summed E-state index contributed by atoms with van der Waals surface area (Å²) in [6, 6.07) is 10.1.